The zero-order chi connectivity index (χ0) is 14.0. The SMILES string of the molecule is CC1CC(CN)(C(=O)N(CC(N)=O)C2CCCC2)C1. The number of hydrogen-bond acceptors (Lipinski definition) is 3. The van der Waals surface area contributed by atoms with Gasteiger partial charge in [-0.2, -0.15) is 0 Å². The van der Waals surface area contributed by atoms with Gasteiger partial charge in [-0.3, -0.25) is 9.59 Å². The molecule has 2 amide bonds. The molecule has 0 atom stereocenters. The molecule has 2 rings (SSSR count). The van der Waals surface area contributed by atoms with Crippen LogP contribution in [-0.4, -0.2) is 35.8 Å². The van der Waals surface area contributed by atoms with Crippen molar-refractivity contribution in [2.75, 3.05) is 13.1 Å². The van der Waals surface area contributed by atoms with Crippen molar-refractivity contribution in [1.29, 1.82) is 0 Å². The lowest BCUT2D eigenvalue weighted by molar-refractivity contribution is -0.154. The van der Waals surface area contributed by atoms with Gasteiger partial charge in [-0.1, -0.05) is 19.8 Å². The van der Waals surface area contributed by atoms with Crippen molar-refractivity contribution in [3.05, 3.63) is 0 Å². The maximum Gasteiger partial charge on any atom is 0.237 e. The van der Waals surface area contributed by atoms with Crippen molar-refractivity contribution in [2.45, 2.75) is 51.5 Å². The Morgan fingerprint density at radius 3 is 2.26 bits per heavy atom. The second-order valence-electron chi connectivity index (χ2n) is 6.34. The van der Waals surface area contributed by atoms with E-state index in [0.29, 0.717) is 12.5 Å². The van der Waals surface area contributed by atoms with E-state index in [0.717, 1.165) is 38.5 Å². The van der Waals surface area contributed by atoms with Crippen LogP contribution in [0.25, 0.3) is 0 Å². The molecule has 0 aliphatic heterocycles. The lowest BCUT2D eigenvalue weighted by Gasteiger charge is -2.47. The first-order chi connectivity index (χ1) is 8.98. The van der Waals surface area contributed by atoms with E-state index in [2.05, 4.69) is 6.92 Å². The quantitative estimate of drug-likeness (QED) is 0.765. The van der Waals surface area contributed by atoms with Gasteiger partial charge in [0, 0.05) is 12.6 Å². The van der Waals surface area contributed by atoms with E-state index in [9.17, 15) is 9.59 Å². The number of nitrogens with two attached hydrogens (primary N) is 2. The summed E-state index contributed by atoms with van der Waals surface area (Å²) in [7, 11) is 0. The average Bonchev–Trinajstić information content (AvgIpc) is 2.84. The van der Waals surface area contributed by atoms with Crippen LogP contribution in [0.15, 0.2) is 0 Å². The van der Waals surface area contributed by atoms with Crippen molar-refractivity contribution in [3.63, 3.8) is 0 Å². The molecule has 2 fully saturated rings. The minimum absolute atomic E-state index is 0.0413. The first-order valence-corrected chi connectivity index (χ1v) is 7.28. The summed E-state index contributed by atoms with van der Waals surface area (Å²) in [6.45, 7) is 2.55. The van der Waals surface area contributed by atoms with Gasteiger partial charge in [0.25, 0.3) is 0 Å². The summed E-state index contributed by atoms with van der Waals surface area (Å²) in [6.07, 6.45) is 5.89. The highest BCUT2D eigenvalue weighted by Crippen LogP contribution is 2.46. The number of carbonyl (C=O) groups excluding carboxylic acids is 2. The Labute approximate surface area is 114 Å². The molecule has 0 spiro atoms. The van der Waals surface area contributed by atoms with Crippen molar-refractivity contribution in [3.8, 4) is 0 Å². The highest BCUT2D eigenvalue weighted by atomic mass is 16.2. The second-order valence-corrected chi connectivity index (χ2v) is 6.34. The van der Waals surface area contributed by atoms with Gasteiger partial charge in [-0.25, -0.2) is 0 Å². The standard InChI is InChI=1S/C14H25N3O2/c1-10-6-14(7-10,9-15)13(19)17(8-12(16)18)11-4-2-3-5-11/h10-11H,2-9,15H2,1H3,(H2,16,18). The lowest BCUT2D eigenvalue weighted by atomic mass is 9.61. The average molecular weight is 267 g/mol. The predicted octanol–water partition coefficient (Wildman–Crippen LogP) is 0.618. The normalized spacial score (nSPS) is 30.9. The molecule has 0 bridgehead atoms. The topological polar surface area (TPSA) is 89.4 Å². The highest BCUT2D eigenvalue weighted by Gasteiger charge is 2.50. The van der Waals surface area contributed by atoms with Gasteiger partial charge < -0.3 is 16.4 Å². The molecule has 108 valence electrons. The minimum Gasteiger partial charge on any atom is -0.368 e. The van der Waals surface area contributed by atoms with Gasteiger partial charge >= 0.3 is 0 Å². The van der Waals surface area contributed by atoms with E-state index in [1.54, 1.807) is 4.90 Å². The first kappa shape index (κ1) is 14.3. The fraction of sp³-hybridized carbons (Fsp3) is 0.857. The summed E-state index contributed by atoms with van der Waals surface area (Å²) in [4.78, 5) is 25.8. The third-order valence-electron chi connectivity index (χ3n) is 4.68. The second kappa shape index (κ2) is 5.49. The first-order valence-electron chi connectivity index (χ1n) is 7.28. The zero-order valence-electron chi connectivity index (χ0n) is 11.7. The molecule has 0 radical (unpaired) electrons. The monoisotopic (exact) mass is 267 g/mol. The molecule has 5 nitrogen and oxygen atoms in total. The Kier molecular flexibility index (Phi) is 4.13. The summed E-state index contributed by atoms with van der Waals surface area (Å²) in [5.41, 5.74) is 10.7. The molecular weight excluding hydrogens is 242 g/mol. The molecule has 2 saturated carbocycles. The molecule has 0 aromatic carbocycles. The van der Waals surface area contributed by atoms with Crippen LogP contribution in [0.5, 0.6) is 0 Å². The third kappa shape index (κ3) is 2.76. The van der Waals surface area contributed by atoms with Crippen LogP contribution >= 0.6 is 0 Å². The lowest BCUT2D eigenvalue weighted by Crippen LogP contribution is -2.58. The Morgan fingerprint density at radius 1 is 1.26 bits per heavy atom. The zero-order valence-corrected chi connectivity index (χ0v) is 11.7. The van der Waals surface area contributed by atoms with Gasteiger partial charge in [0.1, 0.15) is 0 Å². The maximum atomic E-state index is 12.8. The summed E-state index contributed by atoms with van der Waals surface area (Å²) in [6, 6.07) is 0.180. The van der Waals surface area contributed by atoms with Crippen LogP contribution in [0.4, 0.5) is 0 Å². The van der Waals surface area contributed by atoms with Crippen LogP contribution in [0, 0.1) is 11.3 Å². The van der Waals surface area contributed by atoms with Crippen molar-refractivity contribution < 1.29 is 9.59 Å². The van der Waals surface area contributed by atoms with E-state index >= 15 is 0 Å². The van der Waals surface area contributed by atoms with Crippen LogP contribution in [0.1, 0.15) is 45.4 Å². The van der Waals surface area contributed by atoms with E-state index in [-0.39, 0.29) is 18.5 Å². The molecule has 19 heavy (non-hydrogen) atoms. The number of rotatable bonds is 5. The highest BCUT2D eigenvalue weighted by molar-refractivity contribution is 5.88. The Hall–Kier alpha value is -1.10. The van der Waals surface area contributed by atoms with Crippen molar-refractivity contribution in [2.24, 2.45) is 22.8 Å². The molecule has 5 heteroatoms. The van der Waals surface area contributed by atoms with Gasteiger partial charge in [0.15, 0.2) is 0 Å². The summed E-state index contributed by atoms with van der Waals surface area (Å²) in [5.74, 6) is 0.171. The summed E-state index contributed by atoms with van der Waals surface area (Å²) < 4.78 is 0. The minimum atomic E-state index is -0.433. The van der Waals surface area contributed by atoms with Crippen LogP contribution in [0.3, 0.4) is 0 Å². The predicted molar refractivity (Wildman–Crippen MR) is 73.0 cm³/mol. The third-order valence-corrected chi connectivity index (χ3v) is 4.68. The molecule has 0 unspecified atom stereocenters. The van der Waals surface area contributed by atoms with Gasteiger partial charge in [0.05, 0.1) is 12.0 Å². The maximum absolute atomic E-state index is 12.8. The Balaban J connectivity index is 2.12. The van der Waals surface area contributed by atoms with Gasteiger partial charge in [-0.15, -0.1) is 0 Å². The number of hydrogen-bond donors (Lipinski definition) is 2. The molecule has 4 N–H and O–H groups in total. The van der Waals surface area contributed by atoms with E-state index in [1.807, 2.05) is 0 Å². The number of carbonyl (C=O) groups is 2. The molecule has 0 aromatic rings. The Bertz CT molecular complexity index is 358. The van der Waals surface area contributed by atoms with Crippen LogP contribution in [-0.2, 0) is 9.59 Å². The molecule has 2 aliphatic carbocycles. The molecular formula is C14H25N3O2. The number of nitrogens with zero attached hydrogens (tertiary/aromatic N) is 1. The molecule has 0 heterocycles. The Morgan fingerprint density at radius 2 is 1.84 bits per heavy atom. The van der Waals surface area contributed by atoms with E-state index in [4.69, 9.17) is 11.5 Å². The van der Waals surface area contributed by atoms with Gasteiger partial charge in [-0.05, 0) is 31.6 Å². The van der Waals surface area contributed by atoms with Crippen LogP contribution in [0.2, 0.25) is 0 Å². The fourth-order valence-corrected chi connectivity index (χ4v) is 3.76. The van der Waals surface area contributed by atoms with Crippen molar-refractivity contribution >= 4 is 11.8 Å². The fourth-order valence-electron chi connectivity index (χ4n) is 3.76. The largest absolute Gasteiger partial charge is 0.368 e. The molecule has 2 aliphatic rings. The van der Waals surface area contributed by atoms with Crippen LogP contribution < -0.4 is 11.5 Å². The number of amides is 2. The molecule has 0 saturated heterocycles. The van der Waals surface area contributed by atoms with Gasteiger partial charge in [0.2, 0.25) is 11.8 Å². The molecule has 0 aromatic heterocycles. The summed E-state index contributed by atoms with van der Waals surface area (Å²) >= 11 is 0. The van der Waals surface area contributed by atoms with Crippen molar-refractivity contribution in [1.82, 2.24) is 4.90 Å². The van der Waals surface area contributed by atoms with E-state index < -0.39 is 11.3 Å². The summed E-state index contributed by atoms with van der Waals surface area (Å²) in [5, 5.41) is 0. The number of primary amides is 1. The van der Waals surface area contributed by atoms with E-state index in [1.165, 1.54) is 0 Å². The smallest absolute Gasteiger partial charge is 0.237 e.